The molecule has 1 saturated carbocycles. The number of amides is 1. The van der Waals surface area contributed by atoms with Crippen LogP contribution in [-0.2, 0) is 4.79 Å². The lowest BCUT2D eigenvalue weighted by molar-refractivity contribution is -0.119. The van der Waals surface area contributed by atoms with Crippen molar-refractivity contribution in [3.8, 4) is 0 Å². The van der Waals surface area contributed by atoms with Crippen LogP contribution in [0.15, 0.2) is 23.1 Å². The van der Waals surface area contributed by atoms with Gasteiger partial charge in [0.1, 0.15) is 11.6 Å². The number of hydrogen-bond donors (Lipinski definition) is 3. The summed E-state index contributed by atoms with van der Waals surface area (Å²) in [6.07, 6.45) is 4.51. The normalized spacial score (nSPS) is 14.6. The number of nitrogens with one attached hydrogen (secondary N) is 3. The first kappa shape index (κ1) is 17.0. The third-order valence-electron chi connectivity index (χ3n) is 3.26. The SMILES string of the molecule is O=C(CSc1cc(F)ccc1F)NNC(=S)NC1CCCC1. The van der Waals surface area contributed by atoms with E-state index in [1.807, 2.05) is 0 Å². The Morgan fingerprint density at radius 3 is 2.73 bits per heavy atom. The molecule has 1 aromatic rings. The van der Waals surface area contributed by atoms with Crippen molar-refractivity contribution in [2.75, 3.05) is 5.75 Å². The molecule has 0 saturated heterocycles. The van der Waals surface area contributed by atoms with Crippen molar-refractivity contribution in [3.05, 3.63) is 29.8 Å². The van der Waals surface area contributed by atoms with Gasteiger partial charge >= 0.3 is 0 Å². The Balaban J connectivity index is 1.69. The second-order valence-electron chi connectivity index (χ2n) is 4.99. The first-order valence-electron chi connectivity index (χ1n) is 6.98. The van der Waals surface area contributed by atoms with Crippen LogP contribution in [0.5, 0.6) is 0 Å². The summed E-state index contributed by atoms with van der Waals surface area (Å²) < 4.78 is 26.4. The number of hydrogen-bond acceptors (Lipinski definition) is 3. The maximum absolute atomic E-state index is 13.4. The minimum absolute atomic E-state index is 0.0422. The van der Waals surface area contributed by atoms with Gasteiger partial charge in [-0.1, -0.05) is 12.8 Å². The van der Waals surface area contributed by atoms with Crippen molar-refractivity contribution in [1.82, 2.24) is 16.2 Å². The standard InChI is InChI=1S/C14H17F2N3OS2/c15-9-5-6-11(16)12(7-9)22-8-13(20)18-19-14(21)17-10-3-1-2-4-10/h5-7,10H,1-4,8H2,(H,18,20)(H2,17,19,21). The van der Waals surface area contributed by atoms with Crippen molar-refractivity contribution in [2.24, 2.45) is 0 Å². The second kappa shape index (κ2) is 8.28. The molecule has 0 aromatic heterocycles. The van der Waals surface area contributed by atoms with Gasteiger partial charge in [0.05, 0.1) is 5.75 Å². The molecule has 1 fully saturated rings. The number of rotatable bonds is 4. The van der Waals surface area contributed by atoms with E-state index in [9.17, 15) is 13.6 Å². The van der Waals surface area contributed by atoms with Crippen LogP contribution < -0.4 is 16.2 Å². The number of carbonyl (C=O) groups excluding carboxylic acids is 1. The summed E-state index contributed by atoms with van der Waals surface area (Å²) in [5.41, 5.74) is 5.04. The monoisotopic (exact) mass is 345 g/mol. The number of halogens is 2. The lowest BCUT2D eigenvalue weighted by Crippen LogP contribution is -2.49. The Kier molecular flexibility index (Phi) is 6.38. The zero-order valence-corrected chi connectivity index (χ0v) is 13.5. The van der Waals surface area contributed by atoms with Gasteiger partial charge in [0.25, 0.3) is 0 Å². The van der Waals surface area contributed by atoms with Crippen LogP contribution in [0.1, 0.15) is 25.7 Å². The van der Waals surface area contributed by atoms with Crippen LogP contribution in [0.4, 0.5) is 8.78 Å². The summed E-state index contributed by atoms with van der Waals surface area (Å²) >= 11 is 5.99. The van der Waals surface area contributed by atoms with Gasteiger partial charge < -0.3 is 5.32 Å². The highest BCUT2D eigenvalue weighted by Gasteiger charge is 2.15. The van der Waals surface area contributed by atoms with Crippen molar-refractivity contribution in [2.45, 2.75) is 36.6 Å². The summed E-state index contributed by atoms with van der Waals surface area (Å²) in [6.45, 7) is 0. The molecule has 0 heterocycles. The van der Waals surface area contributed by atoms with Gasteiger partial charge in [-0.2, -0.15) is 0 Å². The van der Waals surface area contributed by atoms with Gasteiger partial charge in [-0.25, -0.2) is 8.78 Å². The zero-order valence-electron chi connectivity index (χ0n) is 11.8. The first-order chi connectivity index (χ1) is 10.5. The molecule has 1 aliphatic carbocycles. The highest BCUT2D eigenvalue weighted by molar-refractivity contribution is 8.00. The first-order valence-corrected chi connectivity index (χ1v) is 8.37. The van der Waals surface area contributed by atoms with E-state index in [4.69, 9.17) is 12.2 Å². The van der Waals surface area contributed by atoms with Gasteiger partial charge in [0, 0.05) is 10.9 Å². The molecule has 0 unspecified atom stereocenters. The molecule has 1 aromatic carbocycles. The van der Waals surface area contributed by atoms with Crippen LogP contribution in [-0.4, -0.2) is 22.8 Å². The molecule has 2 rings (SSSR count). The van der Waals surface area contributed by atoms with Gasteiger partial charge in [0.2, 0.25) is 5.91 Å². The summed E-state index contributed by atoms with van der Waals surface area (Å²) in [6, 6.07) is 3.49. The highest BCUT2D eigenvalue weighted by Crippen LogP contribution is 2.22. The number of thioether (sulfide) groups is 1. The van der Waals surface area contributed by atoms with Crippen LogP contribution in [0, 0.1) is 11.6 Å². The molecule has 3 N–H and O–H groups in total. The molecule has 8 heteroatoms. The molecule has 1 amide bonds. The average molecular weight is 345 g/mol. The molecule has 0 spiro atoms. The average Bonchev–Trinajstić information content (AvgIpc) is 2.99. The van der Waals surface area contributed by atoms with E-state index < -0.39 is 11.6 Å². The molecule has 0 atom stereocenters. The lowest BCUT2D eigenvalue weighted by atomic mass is 10.3. The van der Waals surface area contributed by atoms with Gasteiger partial charge in [-0.15, -0.1) is 11.8 Å². The fraction of sp³-hybridized carbons (Fsp3) is 0.429. The minimum Gasteiger partial charge on any atom is -0.359 e. The Labute approximate surface area is 137 Å². The predicted molar refractivity (Wildman–Crippen MR) is 86.4 cm³/mol. The quantitative estimate of drug-likeness (QED) is 0.445. The maximum Gasteiger partial charge on any atom is 0.248 e. The molecule has 120 valence electrons. The molecule has 0 radical (unpaired) electrons. The van der Waals surface area contributed by atoms with E-state index in [1.165, 1.54) is 12.8 Å². The predicted octanol–water partition coefficient (Wildman–Crippen LogP) is 2.49. The summed E-state index contributed by atoms with van der Waals surface area (Å²) in [5, 5.41) is 3.48. The van der Waals surface area contributed by atoms with E-state index in [2.05, 4.69) is 16.2 Å². The summed E-state index contributed by atoms with van der Waals surface area (Å²) in [5.74, 6) is -1.50. The van der Waals surface area contributed by atoms with E-state index in [0.717, 1.165) is 42.8 Å². The second-order valence-corrected chi connectivity index (χ2v) is 6.42. The Bertz CT molecular complexity index is 551. The zero-order chi connectivity index (χ0) is 15.9. The number of benzene rings is 1. The van der Waals surface area contributed by atoms with Crippen LogP contribution in [0.25, 0.3) is 0 Å². The largest absolute Gasteiger partial charge is 0.359 e. The maximum atomic E-state index is 13.4. The fourth-order valence-electron chi connectivity index (χ4n) is 2.19. The van der Waals surface area contributed by atoms with E-state index in [1.54, 1.807) is 0 Å². The number of carbonyl (C=O) groups is 1. The third-order valence-corrected chi connectivity index (χ3v) is 4.51. The van der Waals surface area contributed by atoms with Crippen molar-refractivity contribution >= 4 is 35.0 Å². The molecule has 22 heavy (non-hydrogen) atoms. The molecule has 0 bridgehead atoms. The topological polar surface area (TPSA) is 53.2 Å². The van der Waals surface area contributed by atoms with Crippen LogP contribution in [0.2, 0.25) is 0 Å². The van der Waals surface area contributed by atoms with Crippen molar-refractivity contribution in [3.63, 3.8) is 0 Å². The molecular weight excluding hydrogens is 328 g/mol. The minimum atomic E-state index is -0.550. The lowest BCUT2D eigenvalue weighted by Gasteiger charge is -2.16. The van der Waals surface area contributed by atoms with Crippen molar-refractivity contribution in [1.29, 1.82) is 0 Å². The Morgan fingerprint density at radius 2 is 2.00 bits per heavy atom. The number of hydrazine groups is 1. The summed E-state index contributed by atoms with van der Waals surface area (Å²) in [4.78, 5) is 11.8. The van der Waals surface area contributed by atoms with E-state index in [0.29, 0.717) is 11.2 Å². The fourth-order valence-corrected chi connectivity index (χ4v) is 3.16. The summed E-state index contributed by atoms with van der Waals surface area (Å²) in [7, 11) is 0. The molecular formula is C14H17F2N3OS2. The number of thiocarbonyl (C=S) groups is 1. The van der Waals surface area contributed by atoms with Crippen LogP contribution >= 0.6 is 24.0 Å². The smallest absolute Gasteiger partial charge is 0.248 e. The molecule has 4 nitrogen and oxygen atoms in total. The van der Waals surface area contributed by atoms with Gasteiger partial charge in [-0.05, 0) is 43.3 Å². The highest BCUT2D eigenvalue weighted by atomic mass is 32.2. The Hall–Kier alpha value is -1.41. The van der Waals surface area contributed by atoms with E-state index in [-0.39, 0.29) is 16.6 Å². The van der Waals surface area contributed by atoms with Gasteiger partial charge in [-0.3, -0.25) is 15.6 Å². The molecule has 1 aliphatic rings. The van der Waals surface area contributed by atoms with E-state index >= 15 is 0 Å². The molecule has 0 aliphatic heterocycles. The van der Waals surface area contributed by atoms with Crippen molar-refractivity contribution < 1.29 is 13.6 Å². The Morgan fingerprint density at radius 1 is 1.27 bits per heavy atom. The third kappa shape index (κ3) is 5.42. The van der Waals surface area contributed by atoms with Crippen LogP contribution in [0.3, 0.4) is 0 Å². The van der Waals surface area contributed by atoms with Gasteiger partial charge in [0.15, 0.2) is 5.11 Å².